The maximum absolute atomic E-state index is 3.50. The van der Waals surface area contributed by atoms with Crippen LogP contribution in [0.5, 0.6) is 0 Å². The lowest BCUT2D eigenvalue weighted by molar-refractivity contribution is 0.131. The summed E-state index contributed by atoms with van der Waals surface area (Å²) in [5.41, 5.74) is 0.565. The fourth-order valence-electron chi connectivity index (χ4n) is 2.14. The van der Waals surface area contributed by atoms with Crippen molar-refractivity contribution in [2.75, 3.05) is 13.1 Å². The molecule has 0 spiro atoms. The molecule has 1 fully saturated rings. The fourth-order valence-corrected chi connectivity index (χ4v) is 2.14. The van der Waals surface area contributed by atoms with Gasteiger partial charge in [-0.3, -0.25) is 0 Å². The third-order valence-corrected chi connectivity index (χ3v) is 3.20. The molecule has 0 aliphatic carbocycles. The second-order valence-electron chi connectivity index (χ2n) is 5.27. The van der Waals surface area contributed by atoms with Crippen LogP contribution in [0.25, 0.3) is 0 Å². The Labute approximate surface area is 76.9 Å². The SMILES string of the molecule is CC(C)CC1CNCCC1(C)C. The lowest BCUT2D eigenvalue weighted by Gasteiger charge is -2.40. The van der Waals surface area contributed by atoms with Crippen LogP contribution in [0.15, 0.2) is 0 Å². The van der Waals surface area contributed by atoms with Gasteiger partial charge in [0.05, 0.1) is 0 Å². The smallest absolute Gasteiger partial charge is 0.00153 e. The zero-order chi connectivity index (χ0) is 9.19. The molecule has 1 unspecified atom stereocenters. The molecular formula is C11H23N. The lowest BCUT2D eigenvalue weighted by Crippen LogP contribution is -2.42. The van der Waals surface area contributed by atoms with Gasteiger partial charge < -0.3 is 5.32 Å². The van der Waals surface area contributed by atoms with E-state index >= 15 is 0 Å². The van der Waals surface area contributed by atoms with Gasteiger partial charge in [0.25, 0.3) is 0 Å². The molecule has 0 radical (unpaired) electrons. The predicted octanol–water partition coefficient (Wildman–Crippen LogP) is 2.67. The van der Waals surface area contributed by atoms with Crippen LogP contribution in [0, 0.1) is 17.3 Å². The highest BCUT2D eigenvalue weighted by molar-refractivity contribution is 4.85. The third kappa shape index (κ3) is 2.48. The highest BCUT2D eigenvalue weighted by atomic mass is 14.9. The van der Waals surface area contributed by atoms with E-state index in [1.165, 1.54) is 25.9 Å². The van der Waals surface area contributed by atoms with E-state index in [9.17, 15) is 0 Å². The van der Waals surface area contributed by atoms with Gasteiger partial charge in [0.1, 0.15) is 0 Å². The van der Waals surface area contributed by atoms with Gasteiger partial charge in [-0.05, 0) is 43.2 Å². The van der Waals surface area contributed by atoms with Crippen LogP contribution in [0.4, 0.5) is 0 Å². The molecule has 1 heterocycles. The van der Waals surface area contributed by atoms with Crippen molar-refractivity contribution in [2.45, 2.75) is 40.5 Å². The first kappa shape index (κ1) is 10.0. The van der Waals surface area contributed by atoms with Crippen molar-refractivity contribution < 1.29 is 0 Å². The molecule has 0 aromatic rings. The Bertz CT molecular complexity index is 138. The molecule has 0 amide bonds. The summed E-state index contributed by atoms with van der Waals surface area (Å²) in [7, 11) is 0. The van der Waals surface area contributed by atoms with Crippen LogP contribution in [0.1, 0.15) is 40.5 Å². The molecule has 1 aliphatic heterocycles. The van der Waals surface area contributed by atoms with Crippen LogP contribution in [0.3, 0.4) is 0 Å². The minimum atomic E-state index is 0.565. The molecular weight excluding hydrogens is 146 g/mol. The molecule has 1 rings (SSSR count). The second kappa shape index (κ2) is 3.78. The predicted molar refractivity (Wildman–Crippen MR) is 54.2 cm³/mol. The van der Waals surface area contributed by atoms with Gasteiger partial charge in [0.2, 0.25) is 0 Å². The molecule has 1 N–H and O–H groups in total. The summed E-state index contributed by atoms with van der Waals surface area (Å²) in [5, 5.41) is 3.50. The first-order valence-corrected chi connectivity index (χ1v) is 5.23. The van der Waals surface area contributed by atoms with E-state index in [0.29, 0.717) is 5.41 Å². The molecule has 1 heteroatoms. The van der Waals surface area contributed by atoms with E-state index < -0.39 is 0 Å². The van der Waals surface area contributed by atoms with Crippen LogP contribution < -0.4 is 5.32 Å². The van der Waals surface area contributed by atoms with Crippen molar-refractivity contribution >= 4 is 0 Å². The molecule has 12 heavy (non-hydrogen) atoms. The molecule has 0 bridgehead atoms. The van der Waals surface area contributed by atoms with Crippen LogP contribution in [0.2, 0.25) is 0 Å². The highest BCUT2D eigenvalue weighted by Gasteiger charge is 2.31. The van der Waals surface area contributed by atoms with Crippen molar-refractivity contribution in [2.24, 2.45) is 17.3 Å². The van der Waals surface area contributed by atoms with Crippen LogP contribution in [-0.2, 0) is 0 Å². The summed E-state index contributed by atoms with van der Waals surface area (Å²) in [5.74, 6) is 1.72. The number of piperidine rings is 1. The first-order valence-electron chi connectivity index (χ1n) is 5.23. The summed E-state index contributed by atoms with van der Waals surface area (Å²) in [6, 6.07) is 0. The molecule has 1 atom stereocenters. The number of rotatable bonds is 2. The van der Waals surface area contributed by atoms with Crippen molar-refractivity contribution in [3.63, 3.8) is 0 Å². The molecule has 72 valence electrons. The fraction of sp³-hybridized carbons (Fsp3) is 1.00. The van der Waals surface area contributed by atoms with Crippen molar-refractivity contribution in [1.82, 2.24) is 5.32 Å². The molecule has 0 aromatic heterocycles. The molecule has 0 aromatic carbocycles. The first-order chi connectivity index (χ1) is 5.52. The largest absolute Gasteiger partial charge is 0.316 e. The number of nitrogens with one attached hydrogen (secondary N) is 1. The summed E-state index contributed by atoms with van der Waals surface area (Å²) < 4.78 is 0. The minimum absolute atomic E-state index is 0.565. The third-order valence-electron chi connectivity index (χ3n) is 3.20. The zero-order valence-electron chi connectivity index (χ0n) is 8.98. The van der Waals surface area contributed by atoms with E-state index in [1.807, 2.05) is 0 Å². The zero-order valence-corrected chi connectivity index (χ0v) is 8.98. The Morgan fingerprint density at radius 1 is 1.42 bits per heavy atom. The number of hydrogen-bond donors (Lipinski definition) is 1. The van der Waals surface area contributed by atoms with Gasteiger partial charge in [0.15, 0.2) is 0 Å². The van der Waals surface area contributed by atoms with Crippen molar-refractivity contribution in [1.29, 1.82) is 0 Å². The van der Waals surface area contributed by atoms with E-state index in [-0.39, 0.29) is 0 Å². The average Bonchev–Trinajstić information content (AvgIpc) is 1.92. The number of hydrogen-bond acceptors (Lipinski definition) is 1. The Morgan fingerprint density at radius 3 is 2.58 bits per heavy atom. The van der Waals surface area contributed by atoms with Crippen LogP contribution in [-0.4, -0.2) is 13.1 Å². The normalized spacial score (nSPS) is 29.2. The minimum Gasteiger partial charge on any atom is -0.316 e. The van der Waals surface area contributed by atoms with Gasteiger partial charge in [-0.2, -0.15) is 0 Å². The summed E-state index contributed by atoms with van der Waals surface area (Å²) in [6.45, 7) is 11.9. The molecule has 1 nitrogen and oxygen atoms in total. The lowest BCUT2D eigenvalue weighted by atomic mass is 9.71. The van der Waals surface area contributed by atoms with E-state index in [4.69, 9.17) is 0 Å². The standard InChI is InChI=1S/C11H23N/c1-9(2)7-10-8-12-6-5-11(10,3)4/h9-10,12H,5-8H2,1-4H3. The van der Waals surface area contributed by atoms with Gasteiger partial charge >= 0.3 is 0 Å². The Kier molecular flexibility index (Phi) is 3.16. The van der Waals surface area contributed by atoms with Gasteiger partial charge in [-0.25, -0.2) is 0 Å². The van der Waals surface area contributed by atoms with Gasteiger partial charge in [-0.1, -0.05) is 27.7 Å². The molecule has 1 aliphatic rings. The highest BCUT2D eigenvalue weighted by Crippen LogP contribution is 2.36. The quantitative estimate of drug-likeness (QED) is 0.670. The summed E-state index contributed by atoms with van der Waals surface area (Å²) >= 11 is 0. The Morgan fingerprint density at radius 2 is 2.08 bits per heavy atom. The maximum Gasteiger partial charge on any atom is -0.00153 e. The van der Waals surface area contributed by atoms with Gasteiger partial charge in [0, 0.05) is 0 Å². The maximum atomic E-state index is 3.50. The molecule has 0 saturated carbocycles. The summed E-state index contributed by atoms with van der Waals surface area (Å²) in [4.78, 5) is 0. The topological polar surface area (TPSA) is 12.0 Å². The van der Waals surface area contributed by atoms with E-state index in [2.05, 4.69) is 33.0 Å². The monoisotopic (exact) mass is 169 g/mol. The summed E-state index contributed by atoms with van der Waals surface area (Å²) in [6.07, 6.45) is 2.71. The van der Waals surface area contributed by atoms with Crippen molar-refractivity contribution in [3.05, 3.63) is 0 Å². The van der Waals surface area contributed by atoms with E-state index in [1.54, 1.807) is 0 Å². The molecule has 1 saturated heterocycles. The second-order valence-corrected chi connectivity index (χ2v) is 5.27. The Hall–Kier alpha value is -0.0400. The van der Waals surface area contributed by atoms with Crippen molar-refractivity contribution in [3.8, 4) is 0 Å². The van der Waals surface area contributed by atoms with Gasteiger partial charge in [-0.15, -0.1) is 0 Å². The average molecular weight is 169 g/mol. The van der Waals surface area contributed by atoms with Crippen LogP contribution >= 0.6 is 0 Å². The Balaban J connectivity index is 2.48. The van der Waals surface area contributed by atoms with E-state index in [0.717, 1.165) is 11.8 Å².